The van der Waals surface area contributed by atoms with Gasteiger partial charge in [-0.1, -0.05) is 54.2 Å². The minimum Gasteiger partial charge on any atom is -0.369 e. The summed E-state index contributed by atoms with van der Waals surface area (Å²) >= 11 is 12.2. The first-order valence-electron chi connectivity index (χ1n) is 10.4. The number of aromatic nitrogens is 2. The van der Waals surface area contributed by atoms with Crippen LogP contribution in [0.5, 0.6) is 0 Å². The number of rotatable bonds is 6. The molecule has 32 heavy (non-hydrogen) atoms. The van der Waals surface area contributed by atoms with Gasteiger partial charge in [-0.3, -0.25) is 10.1 Å². The summed E-state index contributed by atoms with van der Waals surface area (Å²) in [5, 5.41) is 11.0. The Morgan fingerprint density at radius 2 is 1.78 bits per heavy atom. The predicted octanol–water partition coefficient (Wildman–Crippen LogP) is 5.51. The van der Waals surface area contributed by atoms with Gasteiger partial charge in [0.05, 0.1) is 33.5 Å². The van der Waals surface area contributed by atoms with E-state index < -0.39 is 6.03 Å². The van der Waals surface area contributed by atoms with E-state index in [1.807, 2.05) is 30.3 Å². The van der Waals surface area contributed by atoms with Crippen LogP contribution in [-0.4, -0.2) is 21.7 Å². The first kappa shape index (κ1) is 22.2. The standard InChI is InChI=1S/C23H23Cl2N5O2/c24-17-6-3-7-18(22(17)25)27-23(32)28-21-13-19(15-4-1-2-5-15)29-30(21)16-10-8-14(9-11-16)12-20(26)31/h3,6-11,13,15H,1-2,4-5,12H2,(H2,26,31)(H2,27,28,32). The van der Waals surface area contributed by atoms with Crippen molar-refractivity contribution in [1.29, 1.82) is 0 Å². The van der Waals surface area contributed by atoms with Gasteiger partial charge < -0.3 is 11.1 Å². The van der Waals surface area contributed by atoms with Crippen molar-refractivity contribution in [3.8, 4) is 5.69 Å². The molecule has 0 unspecified atom stereocenters. The van der Waals surface area contributed by atoms with E-state index in [2.05, 4.69) is 10.6 Å². The smallest absolute Gasteiger partial charge is 0.324 e. The average Bonchev–Trinajstić information content (AvgIpc) is 3.42. The van der Waals surface area contributed by atoms with Gasteiger partial charge in [0.15, 0.2) is 0 Å². The van der Waals surface area contributed by atoms with E-state index in [9.17, 15) is 9.59 Å². The maximum Gasteiger partial charge on any atom is 0.324 e. The predicted molar refractivity (Wildman–Crippen MR) is 127 cm³/mol. The van der Waals surface area contributed by atoms with Crippen LogP contribution in [0.2, 0.25) is 10.0 Å². The first-order valence-corrected chi connectivity index (χ1v) is 11.2. The van der Waals surface area contributed by atoms with Crippen LogP contribution in [-0.2, 0) is 11.2 Å². The molecule has 0 spiro atoms. The molecule has 7 nitrogen and oxygen atoms in total. The zero-order chi connectivity index (χ0) is 22.7. The summed E-state index contributed by atoms with van der Waals surface area (Å²) in [6, 6.07) is 13.8. The second-order valence-corrected chi connectivity index (χ2v) is 8.62. The number of anilines is 2. The van der Waals surface area contributed by atoms with Crippen LogP contribution < -0.4 is 16.4 Å². The Morgan fingerprint density at radius 1 is 1.06 bits per heavy atom. The molecule has 1 aliphatic rings. The van der Waals surface area contributed by atoms with Gasteiger partial charge >= 0.3 is 6.03 Å². The lowest BCUT2D eigenvalue weighted by atomic mass is 10.0. The second-order valence-electron chi connectivity index (χ2n) is 7.84. The molecule has 2 aromatic carbocycles. The van der Waals surface area contributed by atoms with Crippen LogP contribution in [0, 0.1) is 0 Å². The van der Waals surface area contributed by atoms with Crippen LogP contribution in [0.25, 0.3) is 5.69 Å². The molecule has 4 N–H and O–H groups in total. The van der Waals surface area contributed by atoms with Gasteiger partial charge in [0.2, 0.25) is 5.91 Å². The fourth-order valence-corrected chi connectivity index (χ4v) is 4.28. The lowest BCUT2D eigenvalue weighted by Crippen LogP contribution is -2.21. The molecular formula is C23H23Cl2N5O2. The van der Waals surface area contributed by atoms with Crippen molar-refractivity contribution >= 4 is 46.6 Å². The molecule has 4 rings (SSSR count). The third-order valence-electron chi connectivity index (χ3n) is 5.50. The maximum absolute atomic E-state index is 12.7. The number of nitrogens with two attached hydrogens (primary N) is 1. The van der Waals surface area contributed by atoms with E-state index >= 15 is 0 Å². The number of primary amides is 1. The summed E-state index contributed by atoms with van der Waals surface area (Å²) < 4.78 is 1.70. The Kier molecular flexibility index (Phi) is 6.67. The molecule has 166 valence electrons. The summed E-state index contributed by atoms with van der Waals surface area (Å²) in [5.74, 6) is 0.514. The number of hydrogen-bond donors (Lipinski definition) is 3. The molecule has 0 radical (unpaired) electrons. The monoisotopic (exact) mass is 471 g/mol. The van der Waals surface area contributed by atoms with Gasteiger partial charge in [-0.2, -0.15) is 5.10 Å². The summed E-state index contributed by atoms with van der Waals surface area (Å²) in [4.78, 5) is 23.9. The quantitative estimate of drug-likeness (QED) is 0.441. The van der Waals surface area contributed by atoms with Crippen molar-refractivity contribution in [2.75, 3.05) is 10.6 Å². The Balaban J connectivity index is 1.60. The van der Waals surface area contributed by atoms with Crippen molar-refractivity contribution in [2.24, 2.45) is 5.73 Å². The zero-order valence-corrected chi connectivity index (χ0v) is 18.8. The molecule has 1 heterocycles. The molecular weight excluding hydrogens is 449 g/mol. The van der Waals surface area contributed by atoms with E-state index in [1.54, 1.807) is 22.9 Å². The van der Waals surface area contributed by atoms with E-state index in [0.29, 0.717) is 22.4 Å². The van der Waals surface area contributed by atoms with Crippen molar-refractivity contribution in [1.82, 2.24) is 9.78 Å². The van der Waals surface area contributed by atoms with Crippen molar-refractivity contribution in [3.05, 3.63) is 69.8 Å². The normalized spacial score (nSPS) is 13.8. The van der Waals surface area contributed by atoms with Gasteiger partial charge in [-0.15, -0.1) is 0 Å². The number of carbonyl (C=O) groups is 2. The molecule has 3 aromatic rings. The van der Waals surface area contributed by atoms with Crippen molar-refractivity contribution in [2.45, 2.75) is 38.0 Å². The minimum atomic E-state index is -0.460. The average molecular weight is 472 g/mol. The topological polar surface area (TPSA) is 102 Å². The number of carbonyl (C=O) groups excluding carboxylic acids is 2. The zero-order valence-electron chi connectivity index (χ0n) is 17.3. The van der Waals surface area contributed by atoms with Gasteiger partial charge in [0.25, 0.3) is 0 Å². The minimum absolute atomic E-state index is 0.167. The van der Waals surface area contributed by atoms with Gasteiger partial charge in [0, 0.05) is 12.0 Å². The number of nitrogens with one attached hydrogen (secondary N) is 2. The molecule has 0 atom stereocenters. The van der Waals surface area contributed by atoms with Crippen LogP contribution >= 0.6 is 23.2 Å². The number of halogens is 2. The van der Waals surface area contributed by atoms with Crippen molar-refractivity contribution in [3.63, 3.8) is 0 Å². The Morgan fingerprint density at radius 3 is 2.47 bits per heavy atom. The molecule has 9 heteroatoms. The fraction of sp³-hybridized carbons (Fsp3) is 0.261. The molecule has 1 aliphatic carbocycles. The third kappa shape index (κ3) is 5.06. The summed E-state index contributed by atoms with van der Waals surface area (Å²) in [7, 11) is 0. The lowest BCUT2D eigenvalue weighted by Gasteiger charge is -2.12. The number of hydrogen-bond acceptors (Lipinski definition) is 3. The van der Waals surface area contributed by atoms with Crippen LogP contribution in [0.3, 0.4) is 0 Å². The van der Waals surface area contributed by atoms with E-state index in [0.717, 1.165) is 29.8 Å². The molecule has 3 amide bonds. The Hall–Kier alpha value is -3.03. The lowest BCUT2D eigenvalue weighted by molar-refractivity contribution is -0.117. The highest BCUT2D eigenvalue weighted by Gasteiger charge is 2.23. The van der Waals surface area contributed by atoms with Gasteiger partial charge in [0.1, 0.15) is 5.82 Å². The SMILES string of the molecule is NC(=O)Cc1ccc(-n2nc(C3CCCC3)cc2NC(=O)Nc2cccc(Cl)c2Cl)cc1. The fourth-order valence-electron chi connectivity index (χ4n) is 3.93. The highest BCUT2D eigenvalue weighted by molar-refractivity contribution is 6.44. The summed E-state index contributed by atoms with van der Waals surface area (Å²) in [5.41, 5.74) is 8.21. The number of amides is 3. The Bertz CT molecular complexity index is 1140. The van der Waals surface area contributed by atoms with Gasteiger partial charge in [-0.05, 0) is 42.7 Å². The van der Waals surface area contributed by atoms with Crippen LogP contribution in [0.4, 0.5) is 16.3 Å². The van der Waals surface area contributed by atoms with E-state index in [-0.39, 0.29) is 17.4 Å². The maximum atomic E-state index is 12.7. The van der Waals surface area contributed by atoms with Crippen LogP contribution in [0.15, 0.2) is 48.5 Å². The highest BCUT2D eigenvalue weighted by atomic mass is 35.5. The van der Waals surface area contributed by atoms with E-state index in [4.69, 9.17) is 34.0 Å². The molecule has 0 bridgehead atoms. The van der Waals surface area contributed by atoms with Crippen molar-refractivity contribution < 1.29 is 9.59 Å². The van der Waals surface area contributed by atoms with Crippen LogP contribution in [0.1, 0.15) is 42.9 Å². The molecule has 0 saturated heterocycles. The molecule has 0 aliphatic heterocycles. The van der Waals surface area contributed by atoms with Gasteiger partial charge in [-0.25, -0.2) is 9.48 Å². The van der Waals surface area contributed by atoms with E-state index in [1.165, 1.54) is 12.8 Å². The first-order chi connectivity index (χ1) is 15.4. The number of nitrogens with zero attached hydrogens (tertiary/aromatic N) is 2. The third-order valence-corrected chi connectivity index (χ3v) is 6.32. The highest BCUT2D eigenvalue weighted by Crippen LogP contribution is 2.35. The summed E-state index contributed by atoms with van der Waals surface area (Å²) in [6.07, 6.45) is 4.68. The number of benzene rings is 2. The molecule has 1 fully saturated rings. The Labute approximate surface area is 195 Å². The number of urea groups is 1. The second kappa shape index (κ2) is 9.63. The molecule has 1 saturated carbocycles. The largest absolute Gasteiger partial charge is 0.369 e. The molecule has 1 aromatic heterocycles. The summed E-state index contributed by atoms with van der Waals surface area (Å²) in [6.45, 7) is 0.